The molecule has 5 heteroatoms. The van der Waals surface area contributed by atoms with E-state index in [1.54, 1.807) is 11.0 Å². The molecular weight excluding hydrogens is 367 g/mol. The molecule has 3 aromatic carbocycles. The highest BCUT2D eigenvalue weighted by molar-refractivity contribution is 5.58. The maximum absolute atomic E-state index is 15.2. The number of anilines is 2. The number of halogens is 1. The Bertz CT molecular complexity index is 879. The Hall–Kier alpha value is -2.89. The third kappa shape index (κ3) is 4.75. The number of ether oxygens (including phenoxy) is 1. The van der Waals surface area contributed by atoms with Crippen LogP contribution in [0.5, 0.6) is 0 Å². The minimum atomic E-state index is -0.751. The van der Waals surface area contributed by atoms with Crippen molar-refractivity contribution in [3.8, 4) is 0 Å². The van der Waals surface area contributed by atoms with Gasteiger partial charge in [-0.05, 0) is 29.3 Å². The van der Waals surface area contributed by atoms with Crippen molar-refractivity contribution in [2.24, 2.45) is 0 Å². The number of nitrogens with zero attached hydrogens (tertiary/aromatic N) is 2. The molecule has 1 saturated heterocycles. The minimum Gasteiger partial charge on any atom is -0.375 e. The van der Waals surface area contributed by atoms with Crippen LogP contribution in [0, 0.1) is 5.82 Å². The summed E-state index contributed by atoms with van der Waals surface area (Å²) in [6.07, 6.45) is -0.751. The van der Waals surface area contributed by atoms with E-state index in [1.807, 2.05) is 71.6 Å². The van der Waals surface area contributed by atoms with Crippen LogP contribution in [0.4, 0.5) is 15.8 Å². The van der Waals surface area contributed by atoms with Crippen LogP contribution in [0.3, 0.4) is 0 Å². The van der Waals surface area contributed by atoms with E-state index in [2.05, 4.69) is 0 Å². The van der Waals surface area contributed by atoms with Crippen molar-refractivity contribution in [3.63, 3.8) is 0 Å². The minimum absolute atomic E-state index is 0.234. The summed E-state index contributed by atoms with van der Waals surface area (Å²) >= 11 is 0. The molecule has 1 unspecified atom stereocenters. The van der Waals surface area contributed by atoms with Gasteiger partial charge in [0.1, 0.15) is 5.82 Å². The quantitative estimate of drug-likeness (QED) is 0.683. The Labute approximate surface area is 170 Å². The summed E-state index contributed by atoms with van der Waals surface area (Å²) in [7, 11) is 0. The lowest BCUT2D eigenvalue weighted by Gasteiger charge is -2.34. The van der Waals surface area contributed by atoms with Crippen LogP contribution < -0.4 is 9.80 Å². The molecule has 0 saturated carbocycles. The highest BCUT2D eigenvalue weighted by atomic mass is 19.1. The van der Waals surface area contributed by atoms with Gasteiger partial charge in [-0.1, -0.05) is 60.7 Å². The van der Waals surface area contributed by atoms with Gasteiger partial charge in [0.15, 0.2) is 6.23 Å². The lowest BCUT2D eigenvalue weighted by molar-refractivity contribution is 0.00630. The van der Waals surface area contributed by atoms with Crippen molar-refractivity contribution in [1.82, 2.24) is 0 Å². The van der Waals surface area contributed by atoms with Gasteiger partial charge in [0.05, 0.1) is 18.9 Å². The third-order valence-electron chi connectivity index (χ3n) is 5.14. The standard InChI is InChI=1S/C24H25FN2O2/c25-22-15-21(27-13-14-29-18-24(27)28)11-12-23(22)26(16-19-7-3-1-4-8-19)17-20-9-5-2-6-10-20/h1-12,15,24,28H,13-14,16-18H2. The Balaban J connectivity index is 1.62. The maximum Gasteiger partial charge on any atom is 0.150 e. The molecule has 3 aromatic rings. The molecule has 0 amide bonds. The van der Waals surface area contributed by atoms with Gasteiger partial charge in [-0.25, -0.2) is 4.39 Å². The van der Waals surface area contributed by atoms with Crippen molar-refractivity contribution >= 4 is 11.4 Å². The fourth-order valence-electron chi connectivity index (χ4n) is 3.66. The molecule has 29 heavy (non-hydrogen) atoms. The van der Waals surface area contributed by atoms with E-state index < -0.39 is 6.23 Å². The Kier molecular flexibility index (Phi) is 6.08. The van der Waals surface area contributed by atoms with Crippen molar-refractivity contribution in [2.75, 3.05) is 29.6 Å². The average Bonchev–Trinajstić information content (AvgIpc) is 2.75. The summed E-state index contributed by atoms with van der Waals surface area (Å²) < 4.78 is 20.5. The monoisotopic (exact) mass is 392 g/mol. The molecule has 0 aliphatic carbocycles. The van der Waals surface area contributed by atoms with Crippen LogP contribution in [-0.2, 0) is 17.8 Å². The number of rotatable bonds is 6. The summed E-state index contributed by atoms with van der Waals surface area (Å²) in [5, 5.41) is 10.1. The van der Waals surface area contributed by atoms with Gasteiger partial charge in [-0.2, -0.15) is 0 Å². The van der Waals surface area contributed by atoms with Gasteiger partial charge >= 0.3 is 0 Å². The lowest BCUT2D eigenvalue weighted by atomic mass is 10.1. The third-order valence-corrected chi connectivity index (χ3v) is 5.14. The maximum atomic E-state index is 15.2. The van der Waals surface area contributed by atoms with Crippen LogP contribution in [0.2, 0.25) is 0 Å². The summed E-state index contributed by atoms with van der Waals surface area (Å²) in [5.74, 6) is -0.298. The average molecular weight is 392 g/mol. The molecular formula is C24H25FN2O2. The van der Waals surface area contributed by atoms with E-state index in [1.165, 1.54) is 6.07 Å². The van der Waals surface area contributed by atoms with Crippen LogP contribution in [0.15, 0.2) is 78.9 Å². The first-order valence-corrected chi connectivity index (χ1v) is 9.85. The zero-order chi connectivity index (χ0) is 20.1. The largest absolute Gasteiger partial charge is 0.375 e. The van der Waals surface area contributed by atoms with E-state index in [4.69, 9.17) is 4.74 Å². The predicted molar refractivity (Wildman–Crippen MR) is 113 cm³/mol. The van der Waals surface area contributed by atoms with E-state index >= 15 is 4.39 Å². The predicted octanol–water partition coefficient (Wildman–Crippen LogP) is 4.19. The molecule has 0 radical (unpaired) electrons. The van der Waals surface area contributed by atoms with Crippen molar-refractivity contribution in [3.05, 3.63) is 95.8 Å². The number of hydrogen-bond acceptors (Lipinski definition) is 4. The van der Waals surface area contributed by atoms with Gasteiger partial charge < -0.3 is 19.6 Å². The number of morpholine rings is 1. The first-order chi connectivity index (χ1) is 14.2. The Morgan fingerprint density at radius 2 is 1.55 bits per heavy atom. The first-order valence-electron chi connectivity index (χ1n) is 9.85. The second-order valence-corrected chi connectivity index (χ2v) is 7.21. The summed E-state index contributed by atoms with van der Waals surface area (Å²) in [5.41, 5.74) is 3.46. The van der Waals surface area contributed by atoms with Crippen LogP contribution in [0.25, 0.3) is 0 Å². The molecule has 1 aliphatic heterocycles. The molecule has 0 bridgehead atoms. The van der Waals surface area contributed by atoms with Gasteiger partial charge in [-0.15, -0.1) is 0 Å². The molecule has 4 rings (SSSR count). The van der Waals surface area contributed by atoms with Crippen LogP contribution >= 0.6 is 0 Å². The van der Waals surface area contributed by atoms with Crippen molar-refractivity contribution < 1.29 is 14.2 Å². The van der Waals surface area contributed by atoms with E-state index in [-0.39, 0.29) is 12.4 Å². The first kappa shape index (κ1) is 19.4. The second kappa shape index (κ2) is 9.07. The molecule has 0 spiro atoms. The van der Waals surface area contributed by atoms with E-state index in [0.29, 0.717) is 37.6 Å². The van der Waals surface area contributed by atoms with Crippen molar-refractivity contribution in [1.29, 1.82) is 0 Å². The molecule has 1 fully saturated rings. The molecule has 4 nitrogen and oxygen atoms in total. The normalized spacial score (nSPS) is 16.6. The molecule has 1 aliphatic rings. The van der Waals surface area contributed by atoms with Crippen molar-refractivity contribution in [2.45, 2.75) is 19.3 Å². The zero-order valence-corrected chi connectivity index (χ0v) is 16.2. The van der Waals surface area contributed by atoms with Gasteiger partial charge in [0.2, 0.25) is 0 Å². The number of hydrogen-bond donors (Lipinski definition) is 1. The highest BCUT2D eigenvalue weighted by Gasteiger charge is 2.22. The fraction of sp³-hybridized carbons (Fsp3) is 0.250. The van der Waals surface area contributed by atoms with Gasteiger partial charge in [0, 0.05) is 25.3 Å². The van der Waals surface area contributed by atoms with E-state index in [9.17, 15) is 5.11 Å². The summed E-state index contributed by atoms with van der Waals surface area (Å²) in [6.45, 7) is 2.50. The Morgan fingerprint density at radius 1 is 0.931 bits per heavy atom. The smallest absolute Gasteiger partial charge is 0.150 e. The Morgan fingerprint density at radius 3 is 2.10 bits per heavy atom. The van der Waals surface area contributed by atoms with E-state index in [0.717, 1.165) is 11.1 Å². The second-order valence-electron chi connectivity index (χ2n) is 7.21. The zero-order valence-electron chi connectivity index (χ0n) is 16.2. The topological polar surface area (TPSA) is 35.9 Å². The number of aliphatic hydroxyl groups excluding tert-OH is 1. The van der Waals surface area contributed by atoms with Gasteiger partial charge in [0.25, 0.3) is 0 Å². The van der Waals surface area contributed by atoms with Crippen LogP contribution in [0.1, 0.15) is 11.1 Å². The highest BCUT2D eigenvalue weighted by Crippen LogP contribution is 2.29. The number of aliphatic hydroxyl groups is 1. The van der Waals surface area contributed by atoms with Crippen LogP contribution in [-0.4, -0.2) is 31.1 Å². The molecule has 1 heterocycles. The summed E-state index contributed by atoms with van der Waals surface area (Å²) in [4.78, 5) is 3.81. The lowest BCUT2D eigenvalue weighted by Crippen LogP contribution is -2.45. The number of benzene rings is 3. The molecule has 150 valence electrons. The van der Waals surface area contributed by atoms with Gasteiger partial charge in [-0.3, -0.25) is 0 Å². The fourth-order valence-corrected chi connectivity index (χ4v) is 3.66. The molecule has 0 aromatic heterocycles. The SMILES string of the molecule is OC1COCCN1c1ccc(N(Cc2ccccc2)Cc2ccccc2)c(F)c1. The summed E-state index contributed by atoms with van der Waals surface area (Å²) in [6, 6.07) is 25.3. The molecule has 1 atom stereocenters. The molecule has 1 N–H and O–H groups in total.